The highest BCUT2D eigenvalue weighted by atomic mass is 28.4. The number of unbranched alkanes of at least 4 members (excludes halogenated alkanes) is 1. The molecule has 0 N–H and O–H groups in total. The van der Waals surface area contributed by atoms with Crippen LogP contribution in [0.5, 0.6) is 0 Å². The zero-order chi connectivity index (χ0) is 13.7. The summed E-state index contributed by atoms with van der Waals surface area (Å²) in [4.78, 5) is 0. The van der Waals surface area contributed by atoms with Crippen LogP contribution >= 0.6 is 0 Å². The molecule has 0 fully saturated rings. The van der Waals surface area contributed by atoms with Crippen molar-refractivity contribution in [1.82, 2.24) is 0 Å². The first kappa shape index (κ1) is 17.6. The number of hydrogen-bond donors (Lipinski definition) is 0. The molecule has 0 saturated heterocycles. The normalized spacial score (nSPS) is 12.9. The van der Waals surface area contributed by atoms with E-state index in [1.54, 1.807) is 0 Å². The minimum Gasteiger partial charge on any atom is -0.374 e. The van der Waals surface area contributed by atoms with Gasteiger partial charge in [-0.2, -0.15) is 0 Å². The SMILES string of the molecule is CC=CCCC=CC[Si](OCC)(OCC)OCC. The Hall–Kier alpha value is -0.423. The van der Waals surface area contributed by atoms with Gasteiger partial charge in [0.05, 0.1) is 0 Å². The summed E-state index contributed by atoms with van der Waals surface area (Å²) in [6.07, 6.45) is 10.7. The summed E-state index contributed by atoms with van der Waals surface area (Å²) in [5, 5.41) is 0. The summed E-state index contributed by atoms with van der Waals surface area (Å²) in [6.45, 7) is 9.90. The quantitative estimate of drug-likeness (QED) is 0.324. The lowest BCUT2D eigenvalue weighted by Crippen LogP contribution is -2.45. The molecule has 0 unspecified atom stereocenters. The monoisotopic (exact) mass is 272 g/mol. The van der Waals surface area contributed by atoms with E-state index in [2.05, 4.69) is 24.3 Å². The zero-order valence-electron chi connectivity index (χ0n) is 12.3. The van der Waals surface area contributed by atoms with Crippen LogP contribution in [0.15, 0.2) is 24.3 Å². The summed E-state index contributed by atoms with van der Waals surface area (Å²) in [5.74, 6) is 0. The van der Waals surface area contributed by atoms with E-state index in [4.69, 9.17) is 13.3 Å². The Balaban J connectivity index is 4.27. The summed E-state index contributed by atoms with van der Waals surface area (Å²) in [6, 6.07) is 0.762. The molecule has 0 aromatic rings. The molecule has 0 saturated carbocycles. The van der Waals surface area contributed by atoms with Crippen LogP contribution < -0.4 is 0 Å². The van der Waals surface area contributed by atoms with Gasteiger partial charge in [-0.05, 0) is 40.5 Å². The average molecular weight is 272 g/mol. The Morgan fingerprint density at radius 3 is 1.72 bits per heavy atom. The van der Waals surface area contributed by atoms with Crippen LogP contribution in [0.4, 0.5) is 0 Å². The number of rotatable bonds is 11. The molecule has 0 aliphatic carbocycles. The van der Waals surface area contributed by atoms with Crippen molar-refractivity contribution in [3.05, 3.63) is 24.3 Å². The summed E-state index contributed by atoms with van der Waals surface area (Å²) in [5.41, 5.74) is 0. The van der Waals surface area contributed by atoms with Gasteiger partial charge in [-0.1, -0.05) is 24.3 Å². The Morgan fingerprint density at radius 1 is 0.778 bits per heavy atom. The predicted molar refractivity (Wildman–Crippen MR) is 78.6 cm³/mol. The second-order valence-corrected chi connectivity index (χ2v) is 6.44. The molecule has 0 bridgehead atoms. The van der Waals surface area contributed by atoms with Crippen molar-refractivity contribution in [1.29, 1.82) is 0 Å². The molecule has 0 amide bonds. The van der Waals surface area contributed by atoms with E-state index in [0.717, 1.165) is 18.9 Å². The van der Waals surface area contributed by atoms with E-state index in [1.165, 1.54) is 0 Å². The summed E-state index contributed by atoms with van der Waals surface area (Å²) >= 11 is 0. The van der Waals surface area contributed by atoms with Crippen LogP contribution in [-0.4, -0.2) is 28.6 Å². The molecular weight excluding hydrogens is 244 g/mol. The molecule has 4 heteroatoms. The molecule has 0 radical (unpaired) electrons. The second kappa shape index (κ2) is 11.7. The molecule has 0 aromatic heterocycles. The lowest BCUT2D eigenvalue weighted by Gasteiger charge is -2.27. The van der Waals surface area contributed by atoms with Gasteiger partial charge in [-0.3, -0.25) is 0 Å². The Labute approximate surface area is 113 Å². The summed E-state index contributed by atoms with van der Waals surface area (Å²) < 4.78 is 17.3. The maximum atomic E-state index is 5.77. The molecule has 106 valence electrons. The van der Waals surface area contributed by atoms with Crippen molar-refractivity contribution in [2.45, 2.75) is 46.6 Å². The van der Waals surface area contributed by atoms with Crippen LogP contribution in [0, 0.1) is 0 Å². The number of allylic oxidation sites excluding steroid dienone is 4. The lowest BCUT2D eigenvalue weighted by atomic mass is 10.3. The maximum absolute atomic E-state index is 5.77. The van der Waals surface area contributed by atoms with Gasteiger partial charge in [0.15, 0.2) is 0 Å². The molecular formula is C14H28O3Si. The average Bonchev–Trinajstić information content (AvgIpc) is 2.35. The van der Waals surface area contributed by atoms with Gasteiger partial charge in [0, 0.05) is 25.9 Å². The first-order valence-electron chi connectivity index (χ1n) is 6.92. The standard InChI is InChI=1S/C14H28O3Si/c1-5-9-10-11-12-13-14-18(15-6-2,16-7-3)17-8-4/h5,9,12-13H,6-8,10-11,14H2,1-4H3. The fraction of sp³-hybridized carbons (Fsp3) is 0.714. The Morgan fingerprint density at radius 2 is 1.28 bits per heavy atom. The highest BCUT2D eigenvalue weighted by molar-refractivity contribution is 6.61. The third-order valence-corrected chi connectivity index (χ3v) is 5.28. The molecule has 0 aromatic carbocycles. The van der Waals surface area contributed by atoms with Crippen molar-refractivity contribution < 1.29 is 13.3 Å². The molecule has 0 heterocycles. The van der Waals surface area contributed by atoms with Crippen LogP contribution in [0.2, 0.25) is 6.04 Å². The van der Waals surface area contributed by atoms with Gasteiger partial charge >= 0.3 is 8.80 Å². The van der Waals surface area contributed by atoms with Gasteiger partial charge in [0.2, 0.25) is 0 Å². The summed E-state index contributed by atoms with van der Waals surface area (Å²) in [7, 11) is -2.47. The van der Waals surface area contributed by atoms with Crippen LogP contribution in [0.1, 0.15) is 40.5 Å². The van der Waals surface area contributed by atoms with E-state index < -0.39 is 8.80 Å². The third-order valence-electron chi connectivity index (χ3n) is 2.36. The van der Waals surface area contributed by atoms with Crippen LogP contribution in [-0.2, 0) is 13.3 Å². The maximum Gasteiger partial charge on any atom is 0.504 e. The first-order chi connectivity index (χ1) is 8.74. The topological polar surface area (TPSA) is 27.7 Å². The van der Waals surface area contributed by atoms with Gasteiger partial charge < -0.3 is 13.3 Å². The predicted octanol–water partition coefficient (Wildman–Crippen LogP) is 3.95. The molecule has 0 spiro atoms. The first-order valence-corrected chi connectivity index (χ1v) is 8.85. The molecule has 3 nitrogen and oxygen atoms in total. The minimum absolute atomic E-state index is 0.638. The molecule has 0 aliphatic rings. The smallest absolute Gasteiger partial charge is 0.374 e. The van der Waals surface area contributed by atoms with E-state index in [-0.39, 0.29) is 0 Å². The minimum atomic E-state index is -2.47. The van der Waals surface area contributed by atoms with Crippen molar-refractivity contribution in [3.8, 4) is 0 Å². The van der Waals surface area contributed by atoms with E-state index in [0.29, 0.717) is 19.8 Å². The largest absolute Gasteiger partial charge is 0.504 e. The van der Waals surface area contributed by atoms with Gasteiger partial charge in [0.1, 0.15) is 0 Å². The van der Waals surface area contributed by atoms with Gasteiger partial charge in [0.25, 0.3) is 0 Å². The second-order valence-electron chi connectivity index (χ2n) is 3.80. The van der Waals surface area contributed by atoms with E-state index in [1.807, 2.05) is 27.7 Å². The van der Waals surface area contributed by atoms with E-state index >= 15 is 0 Å². The highest BCUT2D eigenvalue weighted by Gasteiger charge is 2.38. The van der Waals surface area contributed by atoms with Crippen LogP contribution in [0.3, 0.4) is 0 Å². The van der Waals surface area contributed by atoms with Crippen molar-refractivity contribution in [2.75, 3.05) is 19.8 Å². The fourth-order valence-electron chi connectivity index (χ4n) is 1.67. The zero-order valence-corrected chi connectivity index (χ0v) is 13.3. The Kier molecular flexibility index (Phi) is 11.4. The van der Waals surface area contributed by atoms with Crippen molar-refractivity contribution in [2.24, 2.45) is 0 Å². The fourth-order valence-corrected chi connectivity index (χ4v) is 4.04. The van der Waals surface area contributed by atoms with Crippen LogP contribution in [0.25, 0.3) is 0 Å². The number of hydrogen-bond acceptors (Lipinski definition) is 3. The van der Waals surface area contributed by atoms with Gasteiger partial charge in [-0.15, -0.1) is 0 Å². The third kappa shape index (κ3) is 7.82. The van der Waals surface area contributed by atoms with Crippen molar-refractivity contribution >= 4 is 8.80 Å². The molecule has 0 rings (SSSR count). The van der Waals surface area contributed by atoms with Crippen molar-refractivity contribution in [3.63, 3.8) is 0 Å². The molecule has 0 atom stereocenters. The Bertz CT molecular complexity index is 222. The van der Waals surface area contributed by atoms with Gasteiger partial charge in [-0.25, -0.2) is 0 Å². The van der Waals surface area contributed by atoms with E-state index in [9.17, 15) is 0 Å². The lowest BCUT2D eigenvalue weighted by molar-refractivity contribution is 0.0742. The molecule has 18 heavy (non-hydrogen) atoms. The molecule has 0 aliphatic heterocycles. The highest BCUT2D eigenvalue weighted by Crippen LogP contribution is 2.16.